The zero-order valence-corrected chi connectivity index (χ0v) is 18.2. The Balaban J connectivity index is 0. The summed E-state index contributed by atoms with van der Waals surface area (Å²) in [6, 6.07) is 7.19. The maximum Gasteiger partial charge on any atom is 1.00 e. The number of carboxylic acids is 1. The molecule has 0 spiro atoms. The first-order valence-electron chi connectivity index (χ1n) is 8.58. The molecule has 1 rings (SSSR count). The van der Waals surface area contributed by atoms with Crippen LogP contribution < -0.4 is 34.7 Å². The Morgan fingerprint density at radius 2 is 1.32 bits per heavy atom. The first kappa shape index (κ1) is 26.8. The van der Waals surface area contributed by atoms with Crippen molar-refractivity contribution >= 4 is 16.1 Å². The summed E-state index contributed by atoms with van der Waals surface area (Å²) in [7, 11) is -4.25. The summed E-state index contributed by atoms with van der Waals surface area (Å²) in [6.07, 6.45) is 11.2. The summed E-state index contributed by atoms with van der Waals surface area (Å²) in [5.74, 6) is -0.909. The number of hydrogen-bond donors (Lipinski definition) is 0. The van der Waals surface area contributed by atoms with Crippen molar-refractivity contribution in [3.8, 4) is 0 Å². The zero-order chi connectivity index (χ0) is 18.3. The molecular weight excluding hydrogens is 351 g/mol. The summed E-state index contributed by atoms with van der Waals surface area (Å²) in [5, 5.41) is 10.1. The molecule has 0 aliphatic heterocycles. The minimum Gasteiger partial charge on any atom is -0.744 e. The van der Waals surface area contributed by atoms with Crippen LogP contribution in [0.1, 0.15) is 71.1 Å². The molecule has 0 saturated heterocycles. The van der Waals surface area contributed by atoms with E-state index in [9.17, 15) is 22.9 Å². The molecule has 0 atom stereocenters. The van der Waals surface area contributed by atoms with E-state index < -0.39 is 16.1 Å². The van der Waals surface area contributed by atoms with Crippen LogP contribution in [0.2, 0.25) is 0 Å². The zero-order valence-electron chi connectivity index (χ0n) is 15.4. The Bertz CT molecular complexity index is 532. The van der Waals surface area contributed by atoms with Crippen molar-refractivity contribution in [1.82, 2.24) is 0 Å². The van der Waals surface area contributed by atoms with E-state index in [4.69, 9.17) is 0 Å². The molecule has 0 radical (unpaired) electrons. The van der Waals surface area contributed by atoms with Gasteiger partial charge < -0.3 is 14.5 Å². The molecule has 0 N–H and O–H groups in total. The number of carboxylic acid groups (broad SMARTS) is 1. The van der Waals surface area contributed by atoms with Crippen LogP contribution in [0.25, 0.3) is 0 Å². The largest absolute Gasteiger partial charge is 1.00 e. The van der Waals surface area contributed by atoms with Gasteiger partial charge >= 0.3 is 29.6 Å². The van der Waals surface area contributed by atoms with Crippen LogP contribution >= 0.6 is 0 Å². The van der Waals surface area contributed by atoms with Gasteiger partial charge in [-0.2, -0.15) is 0 Å². The van der Waals surface area contributed by atoms with Crippen molar-refractivity contribution in [3.63, 3.8) is 0 Å². The number of rotatable bonds is 11. The van der Waals surface area contributed by atoms with Crippen molar-refractivity contribution in [1.29, 1.82) is 0 Å². The average Bonchev–Trinajstić information content (AvgIpc) is 2.54. The molecule has 0 saturated carbocycles. The summed E-state index contributed by atoms with van der Waals surface area (Å²) in [6.45, 7) is 2.22. The molecule has 0 aromatic heterocycles. The average molecular weight is 379 g/mol. The predicted molar refractivity (Wildman–Crippen MR) is 91.3 cm³/mol. The first-order chi connectivity index (χ1) is 11.4. The molecule has 5 nitrogen and oxygen atoms in total. The van der Waals surface area contributed by atoms with Gasteiger partial charge in [-0.25, -0.2) is 8.42 Å². The maximum absolute atomic E-state index is 10.3. The van der Waals surface area contributed by atoms with E-state index in [-0.39, 0.29) is 40.9 Å². The fourth-order valence-corrected chi connectivity index (χ4v) is 2.66. The Labute approximate surface area is 174 Å². The second kappa shape index (κ2) is 17.0. The molecule has 0 aliphatic rings. The molecule has 0 heterocycles. The third-order valence-corrected chi connectivity index (χ3v) is 4.37. The minimum absolute atomic E-state index is 0. The summed E-state index contributed by atoms with van der Waals surface area (Å²) >= 11 is 0. The standard InChI is InChI=1S/C12H24O2.C6H6O3S.Na/c1-2-3-4-5-6-7-8-9-10-11-12(13)14;7-10(8,9)6-4-2-1-3-5-6;/h2-11H2,1H3,(H,13,14);1-5H,(H,7,8,9);/q;;+1/p-2. The van der Waals surface area contributed by atoms with Crippen LogP contribution in [0, 0.1) is 0 Å². The van der Waals surface area contributed by atoms with E-state index in [2.05, 4.69) is 6.92 Å². The molecule has 0 fully saturated rings. The molecule has 0 unspecified atom stereocenters. The smallest absolute Gasteiger partial charge is 0.744 e. The van der Waals surface area contributed by atoms with Gasteiger partial charge in [0.1, 0.15) is 10.1 Å². The molecular formula is C18H28NaO5S-. The third kappa shape index (κ3) is 18.2. The van der Waals surface area contributed by atoms with Crippen LogP contribution in [0.4, 0.5) is 0 Å². The molecule has 1 aromatic rings. The van der Waals surface area contributed by atoms with Gasteiger partial charge in [0, 0.05) is 5.97 Å². The number of aliphatic carboxylic acids is 1. The molecule has 138 valence electrons. The van der Waals surface area contributed by atoms with E-state index in [1.54, 1.807) is 6.07 Å². The van der Waals surface area contributed by atoms with E-state index in [1.165, 1.54) is 69.2 Å². The van der Waals surface area contributed by atoms with E-state index >= 15 is 0 Å². The summed E-state index contributed by atoms with van der Waals surface area (Å²) in [4.78, 5) is 9.91. The number of hydrogen-bond acceptors (Lipinski definition) is 5. The molecule has 0 bridgehead atoms. The van der Waals surface area contributed by atoms with Crippen LogP contribution in [-0.4, -0.2) is 18.9 Å². The van der Waals surface area contributed by atoms with Gasteiger partial charge in [-0.3, -0.25) is 0 Å². The van der Waals surface area contributed by atoms with E-state index in [0.29, 0.717) is 0 Å². The maximum atomic E-state index is 10.3. The van der Waals surface area contributed by atoms with Crippen LogP contribution in [0.5, 0.6) is 0 Å². The normalized spacial score (nSPS) is 10.3. The quantitative estimate of drug-likeness (QED) is 0.312. The first-order valence-corrected chi connectivity index (χ1v) is 9.99. The van der Waals surface area contributed by atoms with Crippen LogP contribution in [-0.2, 0) is 14.9 Å². The number of carbonyl (C=O) groups excluding carboxylic acids is 1. The third-order valence-electron chi connectivity index (χ3n) is 3.52. The monoisotopic (exact) mass is 379 g/mol. The molecule has 1 aromatic carbocycles. The van der Waals surface area contributed by atoms with Gasteiger partial charge in [0.15, 0.2) is 0 Å². The molecule has 0 amide bonds. The Morgan fingerprint density at radius 3 is 1.68 bits per heavy atom. The second-order valence-corrected chi connectivity index (χ2v) is 7.10. The van der Waals surface area contributed by atoms with Crippen molar-refractivity contribution < 1.29 is 52.4 Å². The van der Waals surface area contributed by atoms with Crippen LogP contribution in [0.15, 0.2) is 35.2 Å². The van der Waals surface area contributed by atoms with Crippen molar-refractivity contribution in [3.05, 3.63) is 30.3 Å². The Hall–Kier alpha value is -0.400. The fraction of sp³-hybridized carbons (Fsp3) is 0.611. The minimum atomic E-state index is -4.25. The van der Waals surface area contributed by atoms with E-state index in [0.717, 1.165) is 12.8 Å². The summed E-state index contributed by atoms with van der Waals surface area (Å²) < 4.78 is 30.8. The number of carbonyl (C=O) groups is 1. The fourth-order valence-electron chi connectivity index (χ4n) is 2.17. The van der Waals surface area contributed by atoms with Gasteiger partial charge in [0.25, 0.3) is 0 Å². The van der Waals surface area contributed by atoms with Gasteiger partial charge in [-0.1, -0.05) is 76.5 Å². The topological polar surface area (TPSA) is 97.3 Å². The van der Waals surface area contributed by atoms with Crippen molar-refractivity contribution in [2.45, 2.75) is 76.0 Å². The van der Waals surface area contributed by atoms with Crippen molar-refractivity contribution in [2.75, 3.05) is 0 Å². The van der Waals surface area contributed by atoms with Gasteiger partial charge in [-0.15, -0.1) is 0 Å². The summed E-state index contributed by atoms with van der Waals surface area (Å²) in [5.41, 5.74) is 0. The predicted octanol–water partition coefficient (Wildman–Crippen LogP) is 0.252. The number of unbranched alkanes of at least 4 members (excludes halogenated alkanes) is 8. The van der Waals surface area contributed by atoms with Gasteiger partial charge in [0.05, 0.1) is 4.90 Å². The Kier molecular flexibility index (Phi) is 18.3. The van der Waals surface area contributed by atoms with Crippen molar-refractivity contribution in [2.24, 2.45) is 0 Å². The molecule has 25 heavy (non-hydrogen) atoms. The SMILES string of the molecule is CCCCCCCCCCCC(=O)[O-].O=S(=O)([O-])c1ccccc1.[Na+]. The molecule has 7 heteroatoms. The van der Waals surface area contributed by atoms with Gasteiger partial charge in [0.2, 0.25) is 0 Å². The number of benzene rings is 1. The van der Waals surface area contributed by atoms with Gasteiger partial charge in [-0.05, 0) is 25.0 Å². The van der Waals surface area contributed by atoms with E-state index in [1.807, 2.05) is 0 Å². The second-order valence-electron chi connectivity index (χ2n) is 5.72. The Morgan fingerprint density at radius 1 is 0.880 bits per heavy atom. The molecule has 0 aliphatic carbocycles. The van der Waals surface area contributed by atoms with Crippen LogP contribution in [0.3, 0.4) is 0 Å².